The van der Waals surface area contributed by atoms with Gasteiger partial charge >= 0.3 is 0 Å². The molecule has 0 unspecified atom stereocenters. The number of rotatable bonds is 2. The van der Waals surface area contributed by atoms with Crippen LogP contribution in [0.4, 0.5) is 11.4 Å². The van der Waals surface area contributed by atoms with Gasteiger partial charge in [0, 0.05) is 16.4 Å². The van der Waals surface area contributed by atoms with Gasteiger partial charge in [-0.1, -0.05) is 37.6 Å². The van der Waals surface area contributed by atoms with Gasteiger partial charge in [0.2, 0.25) is 0 Å². The van der Waals surface area contributed by atoms with E-state index in [2.05, 4.69) is 19.2 Å². The standard InChI is InChI=1S/C17H17ClN2O/c1-11(2)16-19-15-6-4-3-5-14(15)17(21)20(16)13-9-7-12(18)8-10-13/h3-11,16,19H,1-2H3/t16-/m0/s1. The lowest BCUT2D eigenvalue weighted by molar-refractivity contribution is 0.0968. The Kier molecular flexibility index (Phi) is 3.60. The lowest BCUT2D eigenvalue weighted by Crippen LogP contribution is -2.51. The van der Waals surface area contributed by atoms with Crippen LogP contribution in [0, 0.1) is 5.92 Å². The number of amides is 1. The first-order chi connectivity index (χ1) is 10.1. The topological polar surface area (TPSA) is 32.3 Å². The number of halogens is 1. The minimum Gasteiger partial charge on any atom is -0.364 e. The fourth-order valence-electron chi connectivity index (χ4n) is 2.62. The van der Waals surface area contributed by atoms with Gasteiger partial charge in [0.1, 0.15) is 6.17 Å². The second kappa shape index (κ2) is 5.41. The molecule has 2 aromatic rings. The molecule has 1 amide bonds. The molecule has 1 aliphatic rings. The van der Waals surface area contributed by atoms with E-state index in [1.165, 1.54) is 0 Å². The second-order valence-electron chi connectivity index (χ2n) is 5.53. The van der Waals surface area contributed by atoms with Gasteiger partial charge in [0.25, 0.3) is 5.91 Å². The zero-order valence-electron chi connectivity index (χ0n) is 12.0. The molecule has 0 fully saturated rings. The number of hydrogen-bond acceptors (Lipinski definition) is 2. The summed E-state index contributed by atoms with van der Waals surface area (Å²) in [5, 5.41) is 4.13. The number of carbonyl (C=O) groups excluding carboxylic acids is 1. The molecule has 3 rings (SSSR count). The Labute approximate surface area is 129 Å². The van der Waals surface area contributed by atoms with Crippen LogP contribution < -0.4 is 10.2 Å². The average Bonchev–Trinajstić information content (AvgIpc) is 2.48. The zero-order valence-corrected chi connectivity index (χ0v) is 12.8. The predicted molar refractivity (Wildman–Crippen MR) is 87.0 cm³/mol. The fourth-order valence-corrected chi connectivity index (χ4v) is 2.75. The summed E-state index contributed by atoms with van der Waals surface area (Å²) in [4.78, 5) is 14.7. The number of anilines is 2. The van der Waals surface area contributed by atoms with Crippen molar-refractivity contribution in [1.29, 1.82) is 0 Å². The van der Waals surface area contributed by atoms with Crippen molar-refractivity contribution >= 4 is 28.9 Å². The van der Waals surface area contributed by atoms with Gasteiger partial charge < -0.3 is 5.32 Å². The van der Waals surface area contributed by atoms with Crippen molar-refractivity contribution < 1.29 is 4.79 Å². The second-order valence-corrected chi connectivity index (χ2v) is 5.97. The van der Waals surface area contributed by atoms with Crippen LogP contribution in [0.5, 0.6) is 0 Å². The van der Waals surface area contributed by atoms with Crippen LogP contribution in [0.1, 0.15) is 24.2 Å². The number of nitrogens with zero attached hydrogens (tertiary/aromatic N) is 1. The van der Waals surface area contributed by atoms with E-state index in [4.69, 9.17) is 11.6 Å². The number of carbonyl (C=O) groups is 1. The Balaban J connectivity index is 2.08. The fraction of sp³-hybridized carbons (Fsp3) is 0.235. The zero-order chi connectivity index (χ0) is 15.0. The monoisotopic (exact) mass is 300 g/mol. The molecular formula is C17H17ClN2O. The van der Waals surface area contributed by atoms with E-state index in [0.29, 0.717) is 10.6 Å². The maximum atomic E-state index is 12.9. The van der Waals surface area contributed by atoms with E-state index in [0.717, 1.165) is 11.4 Å². The Morgan fingerprint density at radius 3 is 2.43 bits per heavy atom. The maximum Gasteiger partial charge on any atom is 0.262 e. The molecule has 0 aromatic heterocycles. The highest BCUT2D eigenvalue weighted by molar-refractivity contribution is 6.30. The van der Waals surface area contributed by atoms with Crippen LogP contribution in [-0.4, -0.2) is 12.1 Å². The smallest absolute Gasteiger partial charge is 0.262 e. The lowest BCUT2D eigenvalue weighted by atomic mass is 10.0. The molecule has 4 heteroatoms. The Morgan fingerprint density at radius 1 is 1.10 bits per heavy atom. The van der Waals surface area contributed by atoms with E-state index in [-0.39, 0.29) is 18.0 Å². The van der Waals surface area contributed by atoms with Crippen molar-refractivity contribution in [3.63, 3.8) is 0 Å². The summed E-state index contributed by atoms with van der Waals surface area (Å²) in [6.07, 6.45) is -0.0754. The molecule has 1 atom stereocenters. The normalized spacial score (nSPS) is 17.6. The lowest BCUT2D eigenvalue weighted by Gasteiger charge is -2.40. The molecule has 0 radical (unpaired) electrons. The molecule has 108 valence electrons. The van der Waals surface area contributed by atoms with Crippen molar-refractivity contribution in [3.8, 4) is 0 Å². The number of nitrogens with one attached hydrogen (secondary N) is 1. The van der Waals surface area contributed by atoms with Crippen LogP contribution in [0.15, 0.2) is 48.5 Å². The summed E-state index contributed by atoms with van der Waals surface area (Å²) in [5.41, 5.74) is 2.45. The van der Waals surface area contributed by atoms with E-state index in [1.54, 1.807) is 0 Å². The third kappa shape index (κ3) is 2.49. The summed E-state index contributed by atoms with van der Waals surface area (Å²) in [6, 6.07) is 15.0. The first-order valence-corrected chi connectivity index (χ1v) is 7.40. The van der Waals surface area contributed by atoms with Crippen LogP contribution in [0.25, 0.3) is 0 Å². The molecular weight excluding hydrogens is 284 g/mol. The number of benzene rings is 2. The van der Waals surface area contributed by atoms with Crippen molar-refractivity contribution in [3.05, 3.63) is 59.1 Å². The van der Waals surface area contributed by atoms with Crippen molar-refractivity contribution in [2.24, 2.45) is 5.92 Å². The van der Waals surface area contributed by atoms with Gasteiger partial charge in [-0.3, -0.25) is 9.69 Å². The Bertz CT molecular complexity index is 667. The molecule has 0 aliphatic carbocycles. The molecule has 21 heavy (non-hydrogen) atoms. The quantitative estimate of drug-likeness (QED) is 0.892. The predicted octanol–water partition coefficient (Wildman–Crippen LogP) is 4.39. The minimum atomic E-state index is -0.0754. The van der Waals surface area contributed by atoms with Crippen LogP contribution in [0.2, 0.25) is 5.02 Å². The van der Waals surface area contributed by atoms with E-state index in [9.17, 15) is 4.79 Å². The highest BCUT2D eigenvalue weighted by Crippen LogP contribution is 2.32. The van der Waals surface area contributed by atoms with Crippen molar-refractivity contribution in [2.75, 3.05) is 10.2 Å². The van der Waals surface area contributed by atoms with Gasteiger partial charge in [-0.05, 0) is 42.3 Å². The van der Waals surface area contributed by atoms with Gasteiger partial charge in [-0.2, -0.15) is 0 Å². The molecule has 0 saturated heterocycles. The number of para-hydroxylation sites is 1. The Hall–Kier alpha value is -2.00. The molecule has 0 spiro atoms. The van der Waals surface area contributed by atoms with Gasteiger partial charge in [-0.25, -0.2) is 0 Å². The summed E-state index contributed by atoms with van der Waals surface area (Å²) < 4.78 is 0. The molecule has 1 heterocycles. The number of fused-ring (bicyclic) bond motifs is 1. The summed E-state index contributed by atoms with van der Waals surface area (Å²) in [6.45, 7) is 4.20. The van der Waals surface area contributed by atoms with Crippen LogP contribution >= 0.6 is 11.6 Å². The molecule has 3 nitrogen and oxygen atoms in total. The molecule has 1 aliphatic heterocycles. The van der Waals surface area contributed by atoms with Gasteiger partial charge in [0.15, 0.2) is 0 Å². The summed E-state index contributed by atoms with van der Waals surface area (Å²) in [5.74, 6) is 0.295. The molecule has 2 aromatic carbocycles. The van der Waals surface area contributed by atoms with Crippen LogP contribution in [0.3, 0.4) is 0 Å². The highest BCUT2D eigenvalue weighted by atomic mass is 35.5. The van der Waals surface area contributed by atoms with E-state index in [1.807, 2.05) is 53.4 Å². The van der Waals surface area contributed by atoms with Crippen molar-refractivity contribution in [2.45, 2.75) is 20.0 Å². The summed E-state index contributed by atoms with van der Waals surface area (Å²) >= 11 is 5.95. The third-order valence-corrected chi connectivity index (χ3v) is 3.95. The van der Waals surface area contributed by atoms with Crippen molar-refractivity contribution in [1.82, 2.24) is 0 Å². The molecule has 0 saturated carbocycles. The van der Waals surface area contributed by atoms with Gasteiger partial charge in [-0.15, -0.1) is 0 Å². The maximum absolute atomic E-state index is 12.9. The third-order valence-electron chi connectivity index (χ3n) is 3.69. The highest BCUT2D eigenvalue weighted by Gasteiger charge is 2.34. The SMILES string of the molecule is CC(C)[C@H]1Nc2ccccc2C(=O)N1c1ccc(Cl)cc1. The summed E-state index contributed by atoms with van der Waals surface area (Å²) in [7, 11) is 0. The number of hydrogen-bond donors (Lipinski definition) is 1. The van der Waals surface area contributed by atoms with E-state index >= 15 is 0 Å². The van der Waals surface area contributed by atoms with Gasteiger partial charge in [0.05, 0.1) is 5.56 Å². The van der Waals surface area contributed by atoms with Crippen LogP contribution in [-0.2, 0) is 0 Å². The first kappa shape index (κ1) is 14.0. The molecule has 0 bridgehead atoms. The van der Waals surface area contributed by atoms with E-state index < -0.39 is 0 Å². The average molecular weight is 301 g/mol. The molecule has 1 N–H and O–H groups in total. The first-order valence-electron chi connectivity index (χ1n) is 7.02. The largest absolute Gasteiger partial charge is 0.364 e. The Morgan fingerprint density at radius 2 is 1.76 bits per heavy atom. The minimum absolute atomic E-state index is 0.0189.